The number of rotatable bonds is 3. The molecule has 1 aromatic rings. The van der Waals surface area contributed by atoms with Gasteiger partial charge in [-0.3, -0.25) is 0 Å². The van der Waals surface area contributed by atoms with Gasteiger partial charge in [0.1, 0.15) is 0 Å². The van der Waals surface area contributed by atoms with Crippen LogP contribution < -0.4 is 5.32 Å². The average molecular weight is 281 g/mol. The Morgan fingerprint density at radius 3 is 2.76 bits per heavy atom. The molecule has 2 rings (SSSR count). The zero-order valence-electron chi connectivity index (χ0n) is 9.83. The first-order valence-electron chi connectivity index (χ1n) is 5.18. The molecule has 0 aliphatic carbocycles. The van der Waals surface area contributed by atoms with E-state index in [2.05, 4.69) is 10.3 Å². The van der Waals surface area contributed by atoms with E-state index in [1.165, 1.54) is 16.8 Å². The van der Waals surface area contributed by atoms with Crippen molar-refractivity contribution in [1.82, 2.24) is 19.2 Å². The molecule has 0 bridgehead atoms. The van der Waals surface area contributed by atoms with Gasteiger partial charge in [0, 0.05) is 32.9 Å². The Bertz CT molecular complexity index is 467. The molecule has 17 heavy (non-hydrogen) atoms. The molecule has 1 aliphatic heterocycles. The molecule has 8 heteroatoms. The lowest BCUT2D eigenvalue weighted by Crippen LogP contribution is -2.38. The van der Waals surface area contributed by atoms with E-state index < -0.39 is 10.0 Å². The van der Waals surface area contributed by atoms with Crippen LogP contribution >= 0.6 is 12.4 Å². The molecular weight excluding hydrogens is 264 g/mol. The molecule has 0 spiro atoms. The lowest BCUT2D eigenvalue weighted by atomic mass is 10.3. The van der Waals surface area contributed by atoms with E-state index in [9.17, 15) is 8.42 Å². The van der Waals surface area contributed by atoms with Gasteiger partial charge in [0.2, 0.25) is 0 Å². The van der Waals surface area contributed by atoms with Gasteiger partial charge in [-0.05, 0) is 13.0 Å². The first-order chi connectivity index (χ1) is 7.51. The van der Waals surface area contributed by atoms with Crippen molar-refractivity contribution in [3.05, 3.63) is 12.5 Å². The highest BCUT2D eigenvalue weighted by molar-refractivity contribution is 7.89. The Morgan fingerprint density at radius 2 is 2.29 bits per heavy atom. The SMILES string of the molecule is CN(C1CCNC1)S(=O)(=O)c1cn(C)cn1.Cl. The lowest BCUT2D eigenvalue weighted by Gasteiger charge is -2.21. The number of nitrogens with zero attached hydrogens (tertiary/aromatic N) is 3. The van der Waals surface area contributed by atoms with Gasteiger partial charge in [0.25, 0.3) is 10.0 Å². The van der Waals surface area contributed by atoms with Gasteiger partial charge in [-0.2, -0.15) is 4.31 Å². The first-order valence-corrected chi connectivity index (χ1v) is 6.62. The molecule has 2 heterocycles. The van der Waals surface area contributed by atoms with Crippen LogP contribution in [-0.2, 0) is 17.1 Å². The predicted molar refractivity (Wildman–Crippen MR) is 66.7 cm³/mol. The third-order valence-electron chi connectivity index (χ3n) is 2.87. The quantitative estimate of drug-likeness (QED) is 0.834. The van der Waals surface area contributed by atoms with Crippen molar-refractivity contribution < 1.29 is 8.42 Å². The van der Waals surface area contributed by atoms with Crippen LogP contribution in [0, 0.1) is 0 Å². The summed E-state index contributed by atoms with van der Waals surface area (Å²) in [7, 11) is -0.0743. The number of hydrogen-bond acceptors (Lipinski definition) is 4. The molecule has 6 nitrogen and oxygen atoms in total. The number of nitrogens with one attached hydrogen (secondary N) is 1. The van der Waals surface area contributed by atoms with Crippen molar-refractivity contribution >= 4 is 22.4 Å². The highest BCUT2D eigenvalue weighted by Gasteiger charge is 2.31. The van der Waals surface area contributed by atoms with Crippen molar-refractivity contribution in [2.24, 2.45) is 7.05 Å². The summed E-state index contributed by atoms with van der Waals surface area (Å²) in [5, 5.41) is 3.27. The Kier molecular flexibility index (Phi) is 4.54. The maximum Gasteiger partial charge on any atom is 0.262 e. The molecule has 0 aromatic carbocycles. The third kappa shape index (κ3) is 2.79. The van der Waals surface area contributed by atoms with Gasteiger partial charge < -0.3 is 9.88 Å². The maximum absolute atomic E-state index is 12.2. The topological polar surface area (TPSA) is 67.2 Å². The van der Waals surface area contributed by atoms with E-state index in [4.69, 9.17) is 0 Å². The Hall–Kier alpha value is -0.630. The molecular formula is C9H17ClN4O2S. The van der Waals surface area contributed by atoms with Crippen LogP contribution in [0.2, 0.25) is 0 Å². The summed E-state index contributed by atoms with van der Waals surface area (Å²) in [5.41, 5.74) is 0. The fraction of sp³-hybridized carbons (Fsp3) is 0.667. The van der Waals surface area contributed by atoms with E-state index in [1.807, 2.05) is 0 Å². The summed E-state index contributed by atoms with van der Waals surface area (Å²) >= 11 is 0. The van der Waals surface area contributed by atoms with Crippen LogP contribution in [-0.4, -0.2) is 48.5 Å². The van der Waals surface area contributed by atoms with Crippen LogP contribution in [0.15, 0.2) is 17.6 Å². The molecule has 1 N–H and O–H groups in total. The number of aryl methyl sites for hydroxylation is 1. The Balaban J connectivity index is 0.00000144. The second-order valence-electron chi connectivity index (χ2n) is 4.05. The highest BCUT2D eigenvalue weighted by Crippen LogP contribution is 2.17. The summed E-state index contributed by atoms with van der Waals surface area (Å²) in [6.07, 6.45) is 3.87. The fourth-order valence-electron chi connectivity index (χ4n) is 1.82. The van der Waals surface area contributed by atoms with E-state index >= 15 is 0 Å². The largest absolute Gasteiger partial charge is 0.339 e. The summed E-state index contributed by atoms with van der Waals surface area (Å²) in [6, 6.07) is 0.0343. The second-order valence-corrected chi connectivity index (χ2v) is 5.99. The molecule has 0 radical (unpaired) electrons. The number of halogens is 1. The molecule has 1 atom stereocenters. The minimum absolute atomic E-state index is 0. The van der Waals surface area contributed by atoms with E-state index in [0.29, 0.717) is 6.54 Å². The van der Waals surface area contributed by atoms with Crippen molar-refractivity contribution in [3.63, 3.8) is 0 Å². The van der Waals surface area contributed by atoms with Crippen LogP contribution in [0.25, 0.3) is 0 Å². The predicted octanol–water partition coefficient (Wildman–Crippen LogP) is -0.176. The number of imidazole rings is 1. The van der Waals surface area contributed by atoms with Gasteiger partial charge in [0.05, 0.1) is 6.33 Å². The average Bonchev–Trinajstić information content (AvgIpc) is 2.86. The zero-order chi connectivity index (χ0) is 11.8. The molecule has 1 aromatic heterocycles. The zero-order valence-corrected chi connectivity index (χ0v) is 11.5. The van der Waals surface area contributed by atoms with Gasteiger partial charge >= 0.3 is 0 Å². The van der Waals surface area contributed by atoms with Crippen LogP contribution in [0.4, 0.5) is 0 Å². The summed E-state index contributed by atoms with van der Waals surface area (Å²) < 4.78 is 27.4. The molecule has 1 unspecified atom stereocenters. The number of aromatic nitrogens is 2. The van der Waals surface area contributed by atoms with Crippen LogP contribution in [0.3, 0.4) is 0 Å². The van der Waals surface area contributed by atoms with Crippen molar-refractivity contribution in [2.45, 2.75) is 17.5 Å². The fourth-order valence-corrected chi connectivity index (χ4v) is 3.16. The minimum Gasteiger partial charge on any atom is -0.339 e. The minimum atomic E-state index is -3.44. The molecule has 1 aliphatic rings. The standard InChI is InChI=1S/C9H16N4O2S.ClH/c1-12-6-9(11-7-12)16(14,15)13(2)8-3-4-10-5-8;/h6-8,10H,3-5H2,1-2H3;1H. The number of hydrogen-bond donors (Lipinski definition) is 1. The monoisotopic (exact) mass is 280 g/mol. The van der Waals surface area contributed by atoms with Gasteiger partial charge in [-0.1, -0.05) is 0 Å². The normalized spacial score (nSPS) is 20.5. The summed E-state index contributed by atoms with van der Waals surface area (Å²) in [6.45, 7) is 1.58. The molecule has 1 fully saturated rings. The lowest BCUT2D eigenvalue weighted by molar-refractivity contribution is 0.386. The second kappa shape index (κ2) is 5.34. The molecule has 1 saturated heterocycles. The Morgan fingerprint density at radius 1 is 1.59 bits per heavy atom. The van der Waals surface area contributed by atoms with E-state index in [0.717, 1.165) is 13.0 Å². The van der Waals surface area contributed by atoms with Crippen molar-refractivity contribution in [2.75, 3.05) is 20.1 Å². The molecule has 0 saturated carbocycles. The van der Waals surface area contributed by atoms with Gasteiger partial charge in [0.15, 0.2) is 5.03 Å². The molecule has 98 valence electrons. The van der Waals surface area contributed by atoms with Crippen molar-refractivity contribution in [3.8, 4) is 0 Å². The van der Waals surface area contributed by atoms with E-state index in [1.54, 1.807) is 18.7 Å². The highest BCUT2D eigenvalue weighted by atomic mass is 35.5. The van der Waals surface area contributed by atoms with Crippen LogP contribution in [0.1, 0.15) is 6.42 Å². The maximum atomic E-state index is 12.2. The first kappa shape index (κ1) is 14.4. The Labute approximate surface area is 107 Å². The smallest absolute Gasteiger partial charge is 0.262 e. The third-order valence-corrected chi connectivity index (χ3v) is 4.67. The van der Waals surface area contributed by atoms with Gasteiger partial charge in [-0.25, -0.2) is 13.4 Å². The molecule has 0 amide bonds. The van der Waals surface area contributed by atoms with Gasteiger partial charge in [-0.15, -0.1) is 12.4 Å². The summed E-state index contributed by atoms with van der Waals surface area (Å²) in [4.78, 5) is 3.89. The summed E-state index contributed by atoms with van der Waals surface area (Å²) in [5.74, 6) is 0. The number of sulfonamides is 1. The van der Waals surface area contributed by atoms with Crippen LogP contribution in [0.5, 0.6) is 0 Å². The van der Waals surface area contributed by atoms with E-state index in [-0.39, 0.29) is 23.5 Å². The number of likely N-dealkylation sites (N-methyl/N-ethyl adjacent to an activating group) is 1. The van der Waals surface area contributed by atoms with Crippen molar-refractivity contribution in [1.29, 1.82) is 0 Å².